The van der Waals surface area contributed by atoms with Gasteiger partial charge in [-0.3, -0.25) is 0 Å². The highest BCUT2D eigenvalue weighted by Gasteiger charge is 2.07. The zero-order valence-corrected chi connectivity index (χ0v) is 8.92. The van der Waals surface area contributed by atoms with Crippen LogP contribution in [0.5, 0.6) is 5.75 Å². The molecule has 0 unspecified atom stereocenters. The quantitative estimate of drug-likeness (QED) is 0.847. The van der Waals surface area contributed by atoms with Crippen molar-refractivity contribution < 1.29 is 9.84 Å². The van der Waals surface area contributed by atoms with Crippen molar-refractivity contribution in [2.75, 3.05) is 7.11 Å². The normalized spacial score (nSPS) is 10.1. The number of benzene rings is 1. The van der Waals surface area contributed by atoms with E-state index < -0.39 is 0 Å². The van der Waals surface area contributed by atoms with Gasteiger partial charge < -0.3 is 9.84 Å². The second-order valence-corrected chi connectivity index (χ2v) is 3.27. The molecule has 0 aliphatic heterocycles. The van der Waals surface area contributed by atoms with E-state index in [-0.39, 0.29) is 6.61 Å². The molecule has 0 aliphatic rings. The number of aliphatic hydroxyl groups is 1. The van der Waals surface area contributed by atoms with E-state index in [4.69, 9.17) is 9.84 Å². The van der Waals surface area contributed by atoms with Gasteiger partial charge in [-0.2, -0.15) is 0 Å². The molecule has 1 N–H and O–H groups in total. The van der Waals surface area contributed by atoms with E-state index in [1.54, 1.807) is 13.2 Å². The molecule has 1 aromatic heterocycles. The summed E-state index contributed by atoms with van der Waals surface area (Å²) in [6, 6.07) is 11.5. The SMILES string of the molecule is COc1cc(-c2ccccc2)nnc1CO. The van der Waals surface area contributed by atoms with E-state index in [1.807, 2.05) is 30.3 Å². The molecule has 2 rings (SSSR count). The summed E-state index contributed by atoms with van der Waals surface area (Å²) in [6.07, 6.45) is 0. The zero-order chi connectivity index (χ0) is 11.4. The third-order valence-corrected chi connectivity index (χ3v) is 2.27. The largest absolute Gasteiger partial charge is 0.495 e. The first kappa shape index (κ1) is 10.6. The molecule has 16 heavy (non-hydrogen) atoms. The fourth-order valence-electron chi connectivity index (χ4n) is 1.44. The minimum absolute atomic E-state index is 0.175. The van der Waals surface area contributed by atoms with Gasteiger partial charge in [0.1, 0.15) is 11.4 Å². The van der Waals surface area contributed by atoms with Crippen molar-refractivity contribution in [3.8, 4) is 17.0 Å². The molecule has 0 saturated heterocycles. The number of ether oxygens (including phenoxy) is 1. The first-order valence-corrected chi connectivity index (χ1v) is 4.92. The van der Waals surface area contributed by atoms with Crippen LogP contribution < -0.4 is 4.74 Å². The second-order valence-electron chi connectivity index (χ2n) is 3.27. The van der Waals surface area contributed by atoms with Gasteiger partial charge in [-0.05, 0) is 0 Å². The molecule has 1 aromatic carbocycles. The Morgan fingerprint density at radius 3 is 2.56 bits per heavy atom. The molecule has 0 aliphatic carbocycles. The van der Waals surface area contributed by atoms with E-state index in [9.17, 15) is 0 Å². The van der Waals surface area contributed by atoms with Crippen molar-refractivity contribution in [1.29, 1.82) is 0 Å². The van der Waals surface area contributed by atoms with Gasteiger partial charge in [0.15, 0.2) is 0 Å². The van der Waals surface area contributed by atoms with Crippen LogP contribution in [0.1, 0.15) is 5.69 Å². The minimum atomic E-state index is -0.175. The van der Waals surface area contributed by atoms with Crippen LogP contribution in [0, 0.1) is 0 Å². The predicted molar refractivity (Wildman–Crippen MR) is 59.9 cm³/mol. The molecule has 0 saturated carbocycles. The van der Waals surface area contributed by atoms with Crippen LogP contribution >= 0.6 is 0 Å². The van der Waals surface area contributed by atoms with Crippen LogP contribution in [0.3, 0.4) is 0 Å². The molecule has 4 nitrogen and oxygen atoms in total. The van der Waals surface area contributed by atoms with E-state index in [2.05, 4.69) is 10.2 Å². The molecular formula is C12H12N2O2. The van der Waals surface area contributed by atoms with E-state index in [1.165, 1.54) is 0 Å². The van der Waals surface area contributed by atoms with Crippen molar-refractivity contribution in [2.45, 2.75) is 6.61 Å². The highest BCUT2D eigenvalue weighted by molar-refractivity contribution is 5.60. The van der Waals surface area contributed by atoms with Gasteiger partial charge in [-0.1, -0.05) is 30.3 Å². The summed E-state index contributed by atoms with van der Waals surface area (Å²) in [4.78, 5) is 0. The molecule has 0 atom stereocenters. The topological polar surface area (TPSA) is 55.2 Å². The van der Waals surface area contributed by atoms with Gasteiger partial charge in [0.25, 0.3) is 0 Å². The highest BCUT2D eigenvalue weighted by atomic mass is 16.5. The Bertz CT molecular complexity index is 472. The summed E-state index contributed by atoms with van der Waals surface area (Å²) in [5.74, 6) is 0.552. The van der Waals surface area contributed by atoms with Crippen LogP contribution in [-0.2, 0) is 6.61 Å². The van der Waals surface area contributed by atoms with Gasteiger partial charge in [-0.25, -0.2) is 0 Å². The number of methoxy groups -OCH3 is 1. The standard InChI is InChI=1S/C12H12N2O2/c1-16-12-7-10(13-14-11(12)8-15)9-5-3-2-4-6-9/h2-7,15H,8H2,1H3. The van der Waals surface area contributed by atoms with Crippen molar-refractivity contribution >= 4 is 0 Å². The molecule has 82 valence electrons. The Kier molecular flexibility index (Phi) is 3.12. The molecule has 1 heterocycles. The number of aromatic nitrogens is 2. The van der Waals surface area contributed by atoms with E-state index >= 15 is 0 Å². The maximum Gasteiger partial charge on any atom is 0.146 e. The Morgan fingerprint density at radius 1 is 1.19 bits per heavy atom. The second kappa shape index (κ2) is 4.72. The Balaban J connectivity index is 2.44. The average molecular weight is 216 g/mol. The van der Waals surface area contributed by atoms with Crippen LogP contribution in [0.2, 0.25) is 0 Å². The van der Waals surface area contributed by atoms with E-state index in [0.717, 1.165) is 11.3 Å². The third kappa shape index (κ3) is 2.01. The summed E-state index contributed by atoms with van der Waals surface area (Å²) in [5, 5.41) is 17.0. The monoisotopic (exact) mass is 216 g/mol. The molecule has 0 fully saturated rings. The smallest absolute Gasteiger partial charge is 0.146 e. The Hall–Kier alpha value is -1.94. The first-order valence-electron chi connectivity index (χ1n) is 4.92. The number of nitrogens with zero attached hydrogens (tertiary/aromatic N) is 2. The van der Waals surface area contributed by atoms with Crippen molar-refractivity contribution in [2.24, 2.45) is 0 Å². The first-order chi connectivity index (χ1) is 7.85. The van der Waals surface area contributed by atoms with Gasteiger partial charge in [0, 0.05) is 11.6 Å². The lowest BCUT2D eigenvalue weighted by atomic mass is 10.1. The van der Waals surface area contributed by atoms with Crippen molar-refractivity contribution in [1.82, 2.24) is 10.2 Å². The summed E-state index contributed by atoms with van der Waals surface area (Å²) < 4.78 is 5.14. The Morgan fingerprint density at radius 2 is 1.94 bits per heavy atom. The summed E-state index contributed by atoms with van der Waals surface area (Å²) in [5.41, 5.74) is 2.15. The zero-order valence-electron chi connectivity index (χ0n) is 8.92. The fraction of sp³-hybridized carbons (Fsp3) is 0.167. The summed E-state index contributed by atoms with van der Waals surface area (Å²) in [6.45, 7) is -0.175. The fourth-order valence-corrected chi connectivity index (χ4v) is 1.44. The highest BCUT2D eigenvalue weighted by Crippen LogP contribution is 2.22. The maximum atomic E-state index is 9.03. The van der Waals surface area contributed by atoms with Crippen molar-refractivity contribution in [3.05, 3.63) is 42.1 Å². The summed E-state index contributed by atoms with van der Waals surface area (Å²) >= 11 is 0. The van der Waals surface area contributed by atoms with Crippen LogP contribution in [0.15, 0.2) is 36.4 Å². The molecule has 2 aromatic rings. The van der Waals surface area contributed by atoms with Gasteiger partial charge in [0.05, 0.1) is 19.4 Å². The molecule has 0 amide bonds. The van der Waals surface area contributed by atoms with Crippen LogP contribution in [0.25, 0.3) is 11.3 Å². The lowest BCUT2D eigenvalue weighted by Crippen LogP contribution is -1.99. The van der Waals surface area contributed by atoms with Gasteiger partial charge >= 0.3 is 0 Å². The molecule has 0 bridgehead atoms. The van der Waals surface area contributed by atoms with Gasteiger partial charge in [-0.15, -0.1) is 10.2 Å². The lowest BCUT2D eigenvalue weighted by Gasteiger charge is -2.06. The molecule has 0 spiro atoms. The number of hydrogen-bond acceptors (Lipinski definition) is 4. The molecule has 4 heteroatoms. The van der Waals surface area contributed by atoms with Crippen LogP contribution in [0.4, 0.5) is 0 Å². The minimum Gasteiger partial charge on any atom is -0.495 e. The average Bonchev–Trinajstić information content (AvgIpc) is 2.39. The molecule has 0 radical (unpaired) electrons. The summed E-state index contributed by atoms with van der Waals surface area (Å²) in [7, 11) is 1.55. The lowest BCUT2D eigenvalue weighted by molar-refractivity contribution is 0.266. The van der Waals surface area contributed by atoms with Crippen LogP contribution in [-0.4, -0.2) is 22.4 Å². The molecular weight excluding hydrogens is 204 g/mol. The number of rotatable bonds is 3. The van der Waals surface area contributed by atoms with E-state index in [0.29, 0.717) is 11.4 Å². The Labute approximate surface area is 93.5 Å². The van der Waals surface area contributed by atoms with Crippen molar-refractivity contribution in [3.63, 3.8) is 0 Å². The third-order valence-electron chi connectivity index (χ3n) is 2.27. The van der Waals surface area contributed by atoms with Gasteiger partial charge in [0.2, 0.25) is 0 Å². The number of hydrogen-bond donors (Lipinski definition) is 1. The number of aliphatic hydroxyl groups excluding tert-OH is 1. The maximum absolute atomic E-state index is 9.03. The predicted octanol–water partition coefficient (Wildman–Crippen LogP) is 1.64.